The van der Waals surface area contributed by atoms with Crippen molar-refractivity contribution < 1.29 is 14.3 Å². The maximum absolute atomic E-state index is 12.1. The summed E-state index contributed by atoms with van der Waals surface area (Å²) in [7, 11) is 4.84. The molecule has 9 heteroatoms. The maximum Gasteiger partial charge on any atom is 0.251 e. The summed E-state index contributed by atoms with van der Waals surface area (Å²) in [5.74, 6) is 0.724. The van der Waals surface area contributed by atoms with Crippen molar-refractivity contribution >= 4 is 29.2 Å². The highest BCUT2D eigenvalue weighted by atomic mass is 35.5. The maximum atomic E-state index is 12.1. The van der Waals surface area contributed by atoms with Gasteiger partial charge in [-0.3, -0.25) is 9.69 Å². The van der Waals surface area contributed by atoms with Gasteiger partial charge in [0.2, 0.25) is 5.95 Å². The molecular weight excluding hydrogens is 454 g/mol. The molecule has 1 aliphatic rings. The summed E-state index contributed by atoms with van der Waals surface area (Å²) in [6, 6.07) is 3.86. The molecular formula is C25H32ClN5O3. The fourth-order valence-electron chi connectivity index (χ4n) is 3.75. The van der Waals surface area contributed by atoms with Crippen LogP contribution in [0.25, 0.3) is 0 Å². The van der Waals surface area contributed by atoms with E-state index in [1.807, 2.05) is 0 Å². The van der Waals surface area contributed by atoms with Crippen molar-refractivity contribution in [1.29, 1.82) is 0 Å². The van der Waals surface area contributed by atoms with E-state index in [1.165, 1.54) is 7.11 Å². The number of carbonyl (C=O) groups excluding carboxylic acids is 1. The average molecular weight is 486 g/mol. The van der Waals surface area contributed by atoms with Gasteiger partial charge in [-0.1, -0.05) is 17.7 Å². The number of halogens is 1. The van der Waals surface area contributed by atoms with Gasteiger partial charge >= 0.3 is 0 Å². The van der Waals surface area contributed by atoms with Gasteiger partial charge in [-0.25, -0.2) is 15.0 Å². The number of aliphatic imine (C=N–C) groups is 1. The van der Waals surface area contributed by atoms with E-state index >= 15 is 0 Å². The molecule has 2 heterocycles. The van der Waals surface area contributed by atoms with Crippen LogP contribution >= 0.6 is 11.6 Å². The second-order valence-corrected chi connectivity index (χ2v) is 8.55. The molecule has 34 heavy (non-hydrogen) atoms. The van der Waals surface area contributed by atoms with Gasteiger partial charge in [-0.2, -0.15) is 0 Å². The molecule has 0 radical (unpaired) electrons. The molecule has 0 saturated heterocycles. The molecule has 182 valence electrons. The third-order valence-electron chi connectivity index (χ3n) is 5.80. The number of benzene rings is 1. The zero-order chi connectivity index (χ0) is 24.5. The van der Waals surface area contributed by atoms with Gasteiger partial charge in [0.15, 0.2) is 0 Å². The van der Waals surface area contributed by atoms with Crippen LogP contribution in [-0.4, -0.2) is 73.5 Å². The van der Waals surface area contributed by atoms with Crippen molar-refractivity contribution in [3.05, 3.63) is 58.4 Å². The molecule has 1 aromatic heterocycles. The van der Waals surface area contributed by atoms with Gasteiger partial charge in [0.25, 0.3) is 5.91 Å². The number of hydrogen-bond acceptors (Lipinski definition) is 7. The van der Waals surface area contributed by atoms with Gasteiger partial charge in [0.05, 0.1) is 24.5 Å². The Morgan fingerprint density at radius 1 is 1.26 bits per heavy atom. The summed E-state index contributed by atoms with van der Waals surface area (Å²) in [4.78, 5) is 28.0. The molecule has 1 amide bonds. The molecule has 1 atom stereocenters. The molecule has 1 aliphatic heterocycles. The summed E-state index contributed by atoms with van der Waals surface area (Å²) in [5, 5.41) is 3.13. The van der Waals surface area contributed by atoms with E-state index in [0.29, 0.717) is 47.8 Å². The normalized spacial score (nSPS) is 17.6. The average Bonchev–Trinajstić information content (AvgIpc) is 3.02. The molecule has 3 rings (SSSR count). The Hall–Kier alpha value is -2.81. The number of amides is 1. The molecule has 1 aromatic carbocycles. The summed E-state index contributed by atoms with van der Waals surface area (Å²) >= 11 is 6.47. The quantitative estimate of drug-likeness (QED) is 0.583. The van der Waals surface area contributed by atoms with Gasteiger partial charge < -0.3 is 14.8 Å². The van der Waals surface area contributed by atoms with Gasteiger partial charge in [-0.15, -0.1) is 0 Å². The van der Waals surface area contributed by atoms with Crippen molar-refractivity contribution in [2.24, 2.45) is 4.99 Å². The van der Waals surface area contributed by atoms with Crippen LogP contribution in [-0.2, 0) is 17.6 Å². The molecule has 0 bridgehead atoms. The predicted molar refractivity (Wildman–Crippen MR) is 135 cm³/mol. The van der Waals surface area contributed by atoms with Crippen LogP contribution in [0.3, 0.4) is 0 Å². The number of methoxy groups -OCH3 is 2. The Bertz CT molecular complexity index is 1040. The SMILES string of the molecule is CNC(=O)c1cc(CCc2cnc(N=C3C=CCC(C)N(CCOC)C3)nc2)c(Cl)c(OC)c1. The van der Waals surface area contributed by atoms with Crippen molar-refractivity contribution in [2.45, 2.75) is 32.2 Å². The summed E-state index contributed by atoms with van der Waals surface area (Å²) in [6.07, 6.45) is 10.0. The van der Waals surface area contributed by atoms with E-state index < -0.39 is 0 Å². The van der Waals surface area contributed by atoms with E-state index in [4.69, 9.17) is 21.1 Å². The minimum atomic E-state index is -0.189. The lowest BCUT2D eigenvalue weighted by Crippen LogP contribution is -2.37. The van der Waals surface area contributed by atoms with Crippen molar-refractivity contribution in [3.8, 4) is 5.75 Å². The topological polar surface area (TPSA) is 88.9 Å². The number of nitrogens with zero attached hydrogens (tertiary/aromatic N) is 4. The standard InChI is InChI=1S/C25H32ClN5O3/c1-17-6-5-7-21(16-31(17)10-11-33-3)30-25-28-14-18(15-29-25)8-9-19-12-20(24(32)27-2)13-22(34-4)23(19)26/h5,7,12-15,17H,6,8-11,16H2,1-4H3,(H,27,32). The van der Waals surface area contributed by atoms with Gasteiger partial charge in [-0.05, 0) is 55.5 Å². The smallest absolute Gasteiger partial charge is 0.251 e. The van der Waals surface area contributed by atoms with E-state index in [0.717, 1.165) is 36.3 Å². The van der Waals surface area contributed by atoms with Crippen LogP contribution in [0.15, 0.2) is 41.7 Å². The number of nitrogens with one attached hydrogen (secondary N) is 1. The lowest BCUT2D eigenvalue weighted by Gasteiger charge is -2.26. The van der Waals surface area contributed by atoms with Crippen molar-refractivity contribution in [1.82, 2.24) is 20.2 Å². The largest absolute Gasteiger partial charge is 0.495 e. The Kier molecular flexibility index (Phi) is 9.56. The van der Waals surface area contributed by atoms with E-state index in [-0.39, 0.29) is 5.91 Å². The van der Waals surface area contributed by atoms with E-state index in [1.54, 1.807) is 38.7 Å². The van der Waals surface area contributed by atoms with Crippen LogP contribution in [0, 0.1) is 0 Å². The number of aromatic nitrogens is 2. The Balaban J connectivity index is 1.69. The Morgan fingerprint density at radius 2 is 2.03 bits per heavy atom. The highest BCUT2D eigenvalue weighted by Gasteiger charge is 2.17. The van der Waals surface area contributed by atoms with Crippen LogP contribution in [0.1, 0.15) is 34.8 Å². The molecule has 0 spiro atoms. The molecule has 8 nitrogen and oxygen atoms in total. The molecule has 0 fully saturated rings. The summed E-state index contributed by atoms with van der Waals surface area (Å²) < 4.78 is 10.6. The number of aryl methyl sites for hydroxylation is 2. The highest BCUT2D eigenvalue weighted by molar-refractivity contribution is 6.33. The fourth-order valence-corrected chi connectivity index (χ4v) is 4.03. The lowest BCUT2D eigenvalue weighted by atomic mass is 10.0. The van der Waals surface area contributed by atoms with Gasteiger partial charge in [0, 0.05) is 51.2 Å². The third kappa shape index (κ3) is 6.85. The van der Waals surface area contributed by atoms with Crippen molar-refractivity contribution in [3.63, 3.8) is 0 Å². The van der Waals surface area contributed by atoms with Crippen LogP contribution < -0.4 is 10.1 Å². The van der Waals surface area contributed by atoms with Crippen LogP contribution in [0.2, 0.25) is 5.02 Å². The highest BCUT2D eigenvalue weighted by Crippen LogP contribution is 2.31. The van der Waals surface area contributed by atoms with Crippen LogP contribution in [0.4, 0.5) is 5.95 Å². The lowest BCUT2D eigenvalue weighted by molar-refractivity contribution is 0.0962. The third-order valence-corrected chi connectivity index (χ3v) is 6.23. The number of rotatable bonds is 9. The Morgan fingerprint density at radius 3 is 2.71 bits per heavy atom. The first-order valence-electron chi connectivity index (χ1n) is 11.3. The first kappa shape index (κ1) is 25.8. The summed E-state index contributed by atoms with van der Waals surface area (Å²) in [5.41, 5.74) is 3.22. The fraction of sp³-hybridized carbons (Fsp3) is 0.440. The second-order valence-electron chi connectivity index (χ2n) is 8.18. The first-order valence-corrected chi connectivity index (χ1v) is 11.7. The molecule has 0 aliphatic carbocycles. The zero-order valence-electron chi connectivity index (χ0n) is 20.2. The van der Waals surface area contributed by atoms with Crippen LogP contribution in [0.5, 0.6) is 5.75 Å². The zero-order valence-corrected chi connectivity index (χ0v) is 20.9. The minimum absolute atomic E-state index is 0.189. The van der Waals surface area contributed by atoms with Gasteiger partial charge in [0.1, 0.15) is 5.75 Å². The molecule has 0 saturated carbocycles. The number of hydrogen-bond donors (Lipinski definition) is 1. The monoisotopic (exact) mass is 485 g/mol. The van der Waals surface area contributed by atoms with E-state index in [2.05, 4.69) is 44.3 Å². The number of ether oxygens (including phenoxy) is 2. The molecule has 1 N–H and O–H groups in total. The summed E-state index contributed by atoms with van der Waals surface area (Å²) in [6.45, 7) is 4.48. The van der Waals surface area contributed by atoms with Crippen molar-refractivity contribution in [2.75, 3.05) is 41.0 Å². The number of carbonyl (C=O) groups is 1. The first-order chi connectivity index (χ1) is 16.4. The van der Waals surface area contributed by atoms with E-state index in [9.17, 15) is 4.79 Å². The Labute approximate surface area is 206 Å². The molecule has 2 aromatic rings. The second kappa shape index (κ2) is 12.6. The minimum Gasteiger partial charge on any atom is -0.495 e. The molecule has 1 unspecified atom stereocenters. The predicted octanol–water partition coefficient (Wildman–Crippen LogP) is 3.65.